The van der Waals surface area contributed by atoms with Crippen molar-refractivity contribution in [2.24, 2.45) is 5.14 Å². The Hall–Kier alpha value is -3.36. The highest BCUT2D eigenvalue weighted by molar-refractivity contribution is 7.89. The van der Waals surface area contributed by atoms with Crippen LogP contribution in [0.5, 0.6) is 11.5 Å². The number of nitrogens with two attached hydrogens (primary N) is 1. The molecular formula is C21H21N3O4S. The average molecular weight is 411 g/mol. The lowest BCUT2D eigenvalue weighted by molar-refractivity contribution is 0.102. The van der Waals surface area contributed by atoms with Crippen molar-refractivity contribution in [1.82, 2.24) is 0 Å². The SMILES string of the molecule is CN(C)c1ccc(S(N)(=O)=O)cc1NC(=O)c1cccc(Oc2ccccc2)c1. The van der Waals surface area contributed by atoms with Gasteiger partial charge in [-0.2, -0.15) is 0 Å². The highest BCUT2D eigenvalue weighted by Gasteiger charge is 2.16. The monoisotopic (exact) mass is 411 g/mol. The van der Waals surface area contributed by atoms with Crippen LogP contribution < -0.4 is 20.1 Å². The van der Waals surface area contributed by atoms with Crippen molar-refractivity contribution in [3.05, 3.63) is 78.4 Å². The molecule has 0 aliphatic heterocycles. The molecule has 0 aliphatic carbocycles. The molecule has 29 heavy (non-hydrogen) atoms. The minimum atomic E-state index is -3.90. The summed E-state index contributed by atoms with van der Waals surface area (Å²) in [5.74, 6) is 0.758. The number of carbonyl (C=O) groups excluding carboxylic acids is 1. The van der Waals surface area contributed by atoms with Crippen molar-refractivity contribution in [2.45, 2.75) is 4.90 Å². The van der Waals surface area contributed by atoms with E-state index in [1.165, 1.54) is 12.1 Å². The van der Waals surface area contributed by atoms with Crippen molar-refractivity contribution >= 4 is 27.3 Å². The molecule has 7 nitrogen and oxygen atoms in total. The number of sulfonamides is 1. The Morgan fingerprint density at radius 3 is 2.28 bits per heavy atom. The predicted molar refractivity (Wildman–Crippen MR) is 113 cm³/mol. The van der Waals surface area contributed by atoms with Crippen molar-refractivity contribution in [3.63, 3.8) is 0 Å². The molecule has 150 valence electrons. The summed E-state index contributed by atoms with van der Waals surface area (Å²) in [6.45, 7) is 0. The Bertz CT molecular complexity index is 1130. The molecule has 3 rings (SSSR count). The number of benzene rings is 3. The molecule has 0 heterocycles. The quantitative estimate of drug-likeness (QED) is 0.647. The number of nitrogens with zero attached hydrogens (tertiary/aromatic N) is 1. The van der Waals surface area contributed by atoms with Gasteiger partial charge in [0.2, 0.25) is 10.0 Å². The van der Waals surface area contributed by atoms with E-state index in [9.17, 15) is 13.2 Å². The van der Waals surface area contributed by atoms with Crippen molar-refractivity contribution in [3.8, 4) is 11.5 Å². The lowest BCUT2D eigenvalue weighted by Gasteiger charge is -2.19. The fraction of sp³-hybridized carbons (Fsp3) is 0.0952. The topological polar surface area (TPSA) is 102 Å². The number of hydrogen-bond donors (Lipinski definition) is 2. The number of para-hydroxylation sites is 1. The van der Waals surface area contributed by atoms with Crippen LogP contribution in [0.2, 0.25) is 0 Å². The zero-order valence-electron chi connectivity index (χ0n) is 16.0. The van der Waals surface area contributed by atoms with Crippen LogP contribution in [0, 0.1) is 0 Å². The van der Waals surface area contributed by atoms with E-state index < -0.39 is 15.9 Å². The summed E-state index contributed by atoms with van der Waals surface area (Å²) >= 11 is 0. The molecule has 8 heteroatoms. The molecule has 3 N–H and O–H groups in total. The molecule has 0 radical (unpaired) electrons. The smallest absolute Gasteiger partial charge is 0.255 e. The molecular weight excluding hydrogens is 390 g/mol. The molecule has 3 aromatic rings. The number of amides is 1. The molecule has 0 unspecified atom stereocenters. The highest BCUT2D eigenvalue weighted by Crippen LogP contribution is 2.28. The molecule has 0 bridgehead atoms. The van der Waals surface area contributed by atoms with Crippen LogP contribution in [-0.4, -0.2) is 28.4 Å². The maximum absolute atomic E-state index is 12.8. The van der Waals surface area contributed by atoms with Gasteiger partial charge in [-0.05, 0) is 48.5 Å². The number of ether oxygens (including phenoxy) is 1. The maximum atomic E-state index is 12.8. The molecule has 1 amide bonds. The van der Waals surface area contributed by atoms with E-state index in [1.807, 2.05) is 30.3 Å². The van der Waals surface area contributed by atoms with Crippen LogP contribution >= 0.6 is 0 Å². The Labute approximate surface area is 169 Å². The molecule has 0 atom stereocenters. The summed E-state index contributed by atoms with van der Waals surface area (Å²) in [6.07, 6.45) is 0. The van der Waals surface area contributed by atoms with Crippen LogP contribution in [0.1, 0.15) is 10.4 Å². The summed E-state index contributed by atoms with van der Waals surface area (Å²) < 4.78 is 29.1. The van der Waals surface area contributed by atoms with Gasteiger partial charge in [-0.3, -0.25) is 4.79 Å². The Balaban J connectivity index is 1.87. The van der Waals surface area contributed by atoms with E-state index in [2.05, 4.69) is 5.32 Å². The Morgan fingerprint density at radius 1 is 0.931 bits per heavy atom. The van der Waals surface area contributed by atoms with E-state index >= 15 is 0 Å². The van der Waals surface area contributed by atoms with Crippen LogP contribution in [0.25, 0.3) is 0 Å². The number of hydrogen-bond acceptors (Lipinski definition) is 5. The first-order chi connectivity index (χ1) is 13.7. The second kappa shape index (κ2) is 8.34. The van der Waals surface area contributed by atoms with E-state index in [0.29, 0.717) is 28.4 Å². The molecule has 3 aromatic carbocycles. The van der Waals surface area contributed by atoms with E-state index in [0.717, 1.165) is 0 Å². The second-order valence-corrected chi connectivity index (χ2v) is 8.08. The summed E-state index contributed by atoms with van der Waals surface area (Å²) in [4.78, 5) is 14.5. The second-order valence-electron chi connectivity index (χ2n) is 6.52. The van der Waals surface area contributed by atoms with E-state index in [-0.39, 0.29) is 4.90 Å². The third kappa shape index (κ3) is 5.13. The first-order valence-corrected chi connectivity index (χ1v) is 10.3. The summed E-state index contributed by atoms with van der Waals surface area (Å²) in [6, 6.07) is 20.3. The van der Waals surface area contributed by atoms with Crippen LogP contribution in [0.4, 0.5) is 11.4 Å². The maximum Gasteiger partial charge on any atom is 0.255 e. The van der Waals surface area contributed by atoms with Gasteiger partial charge in [0.25, 0.3) is 5.91 Å². The van der Waals surface area contributed by atoms with Gasteiger partial charge in [0.1, 0.15) is 11.5 Å². The molecule has 0 spiro atoms. The molecule has 0 aromatic heterocycles. The molecule has 0 saturated carbocycles. The minimum absolute atomic E-state index is 0.0837. The van der Waals surface area contributed by atoms with Gasteiger partial charge in [0, 0.05) is 19.7 Å². The third-order valence-electron chi connectivity index (χ3n) is 4.10. The lowest BCUT2D eigenvalue weighted by atomic mass is 10.2. The van der Waals surface area contributed by atoms with Crippen molar-refractivity contribution in [2.75, 3.05) is 24.3 Å². The first kappa shape index (κ1) is 20.4. The van der Waals surface area contributed by atoms with E-state index in [4.69, 9.17) is 9.88 Å². The van der Waals surface area contributed by atoms with Gasteiger partial charge < -0.3 is 15.0 Å². The fourth-order valence-electron chi connectivity index (χ4n) is 2.70. The molecule has 0 fully saturated rings. The number of anilines is 2. The van der Waals surface area contributed by atoms with Gasteiger partial charge in [-0.25, -0.2) is 13.6 Å². The van der Waals surface area contributed by atoms with Gasteiger partial charge in [0.05, 0.1) is 16.3 Å². The summed E-state index contributed by atoms with van der Waals surface area (Å²) in [7, 11) is -0.324. The van der Waals surface area contributed by atoms with Gasteiger partial charge in [0.15, 0.2) is 0 Å². The molecule has 0 saturated heterocycles. The fourth-order valence-corrected chi connectivity index (χ4v) is 3.24. The van der Waals surface area contributed by atoms with Crippen LogP contribution in [0.3, 0.4) is 0 Å². The minimum Gasteiger partial charge on any atom is -0.457 e. The number of primary sulfonamides is 1. The average Bonchev–Trinajstić information content (AvgIpc) is 2.68. The highest BCUT2D eigenvalue weighted by atomic mass is 32.2. The zero-order valence-corrected chi connectivity index (χ0v) is 16.8. The van der Waals surface area contributed by atoms with Crippen LogP contribution in [-0.2, 0) is 10.0 Å². The largest absolute Gasteiger partial charge is 0.457 e. The van der Waals surface area contributed by atoms with Crippen molar-refractivity contribution < 1.29 is 17.9 Å². The number of rotatable bonds is 6. The number of carbonyl (C=O) groups is 1. The summed E-state index contributed by atoms with van der Waals surface area (Å²) in [5.41, 5.74) is 1.34. The summed E-state index contributed by atoms with van der Waals surface area (Å²) in [5, 5.41) is 7.97. The zero-order chi connectivity index (χ0) is 21.0. The normalized spacial score (nSPS) is 11.0. The standard InChI is InChI=1S/C21H21N3O4S/c1-24(2)20-12-11-18(29(22,26)27)14-19(20)23-21(25)15-7-6-10-17(13-15)28-16-8-4-3-5-9-16/h3-14H,1-2H3,(H,23,25)(H2,22,26,27). The van der Waals surface area contributed by atoms with Gasteiger partial charge in [-0.15, -0.1) is 0 Å². The lowest BCUT2D eigenvalue weighted by Crippen LogP contribution is -2.18. The van der Waals surface area contributed by atoms with Gasteiger partial charge in [-0.1, -0.05) is 24.3 Å². The molecule has 0 aliphatic rings. The van der Waals surface area contributed by atoms with E-state index in [1.54, 1.807) is 49.3 Å². The van der Waals surface area contributed by atoms with Gasteiger partial charge >= 0.3 is 0 Å². The first-order valence-electron chi connectivity index (χ1n) is 8.72. The van der Waals surface area contributed by atoms with Crippen LogP contribution in [0.15, 0.2) is 77.7 Å². The Kier molecular flexibility index (Phi) is 5.86. The predicted octanol–water partition coefficient (Wildman–Crippen LogP) is 3.44. The third-order valence-corrected chi connectivity index (χ3v) is 5.01. The van der Waals surface area contributed by atoms with Crippen molar-refractivity contribution in [1.29, 1.82) is 0 Å². The number of nitrogens with one attached hydrogen (secondary N) is 1. The Morgan fingerprint density at radius 2 is 1.62 bits per heavy atom.